The zero-order valence-corrected chi connectivity index (χ0v) is 16.3. The molecule has 0 aliphatic heterocycles. The number of hydrogen-bond donors (Lipinski definition) is 2. The van der Waals surface area contributed by atoms with Crippen molar-refractivity contribution < 1.29 is 13.2 Å². The maximum Gasteiger partial charge on any atom is 0.251 e. The molecule has 0 saturated heterocycles. The first kappa shape index (κ1) is 20.4. The molecule has 0 fully saturated rings. The van der Waals surface area contributed by atoms with Gasteiger partial charge < -0.3 is 10.2 Å². The van der Waals surface area contributed by atoms with Crippen LogP contribution in [0.2, 0.25) is 5.02 Å². The Bertz CT molecular complexity index is 869. The molecular formula is C18H22ClN3O3S. The summed E-state index contributed by atoms with van der Waals surface area (Å²) in [5.41, 5.74) is 1.06. The number of carbonyl (C=O) groups is 1. The lowest BCUT2D eigenvalue weighted by Crippen LogP contribution is -2.31. The fourth-order valence-corrected chi connectivity index (χ4v) is 3.48. The van der Waals surface area contributed by atoms with E-state index < -0.39 is 10.0 Å². The minimum atomic E-state index is -3.66. The Morgan fingerprint density at radius 1 is 1.12 bits per heavy atom. The second-order valence-corrected chi connectivity index (χ2v) is 8.18. The smallest absolute Gasteiger partial charge is 0.251 e. The number of carbonyl (C=O) groups excluding carboxylic acids is 1. The molecule has 0 bridgehead atoms. The van der Waals surface area contributed by atoms with Gasteiger partial charge in [-0.3, -0.25) is 4.79 Å². The van der Waals surface area contributed by atoms with Crippen molar-refractivity contribution >= 4 is 27.5 Å². The number of likely N-dealkylation sites (N-methyl/N-ethyl adjacent to an activating group) is 1. The fourth-order valence-electron chi connectivity index (χ4n) is 2.21. The van der Waals surface area contributed by atoms with E-state index in [1.54, 1.807) is 18.2 Å². The summed E-state index contributed by atoms with van der Waals surface area (Å²) in [6.07, 6.45) is 0. The summed E-state index contributed by atoms with van der Waals surface area (Å²) >= 11 is 6.07. The van der Waals surface area contributed by atoms with Gasteiger partial charge in [-0.15, -0.1) is 0 Å². The minimum Gasteiger partial charge on any atom is -0.348 e. The van der Waals surface area contributed by atoms with Crippen LogP contribution in [0.1, 0.15) is 15.9 Å². The van der Waals surface area contributed by atoms with Crippen molar-refractivity contribution in [2.75, 3.05) is 27.2 Å². The predicted octanol–water partition coefficient (Wildman–Crippen LogP) is 2.11. The summed E-state index contributed by atoms with van der Waals surface area (Å²) in [4.78, 5) is 14.3. The molecule has 2 N–H and O–H groups in total. The standard InChI is InChI=1S/C18H22ClN3O3S/c1-22(2)11-10-21-26(24,25)16-8-5-7-14(12-16)18(23)20-13-15-6-3-4-9-17(15)19/h3-9,12,21H,10-11,13H2,1-2H3,(H,20,23). The summed E-state index contributed by atoms with van der Waals surface area (Å²) in [5, 5.41) is 3.31. The van der Waals surface area contributed by atoms with E-state index in [2.05, 4.69) is 10.0 Å². The van der Waals surface area contributed by atoms with Crippen LogP contribution >= 0.6 is 11.6 Å². The van der Waals surface area contributed by atoms with Crippen molar-refractivity contribution in [3.63, 3.8) is 0 Å². The van der Waals surface area contributed by atoms with Gasteiger partial charge in [-0.2, -0.15) is 0 Å². The molecule has 0 heterocycles. The van der Waals surface area contributed by atoms with E-state index in [1.807, 2.05) is 37.2 Å². The first-order valence-electron chi connectivity index (χ1n) is 8.05. The number of nitrogens with zero attached hydrogens (tertiary/aromatic N) is 1. The Labute approximate surface area is 159 Å². The van der Waals surface area contributed by atoms with Crippen LogP contribution in [0.15, 0.2) is 53.4 Å². The van der Waals surface area contributed by atoms with Crippen LogP contribution in [-0.4, -0.2) is 46.4 Å². The molecule has 2 aromatic carbocycles. The van der Waals surface area contributed by atoms with Crippen molar-refractivity contribution in [1.29, 1.82) is 0 Å². The lowest BCUT2D eigenvalue weighted by atomic mass is 10.2. The molecule has 0 aromatic heterocycles. The normalized spacial score (nSPS) is 11.5. The molecule has 0 aliphatic rings. The zero-order valence-electron chi connectivity index (χ0n) is 14.7. The highest BCUT2D eigenvalue weighted by Gasteiger charge is 2.16. The van der Waals surface area contributed by atoms with E-state index in [0.717, 1.165) is 5.56 Å². The van der Waals surface area contributed by atoms with Gasteiger partial charge in [0.25, 0.3) is 5.91 Å². The predicted molar refractivity (Wildman–Crippen MR) is 103 cm³/mol. The van der Waals surface area contributed by atoms with Gasteiger partial charge >= 0.3 is 0 Å². The number of amides is 1. The molecule has 0 saturated carbocycles. The van der Waals surface area contributed by atoms with Crippen LogP contribution in [0.25, 0.3) is 0 Å². The molecule has 8 heteroatoms. The Morgan fingerprint density at radius 3 is 2.54 bits per heavy atom. The summed E-state index contributed by atoms with van der Waals surface area (Å²) in [6.45, 7) is 1.13. The van der Waals surface area contributed by atoms with E-state index in [-0.39, 0.29) is 29.5 Å². The van der Waals surface area contributed by atoms with Crippen LogP contribution in [-0.2, 0) is 16.6 Å². The molecule has 6 nitrogen and oxygen atoms in total. The molecule has 2 aromatic rings. The van der Waals surface area contributed by atoms with Crippen LogP contribution in [0.4, 0.5) is 0 Å². The fraction of sp³-hybridized carbons (Fsp3) is 0.278. The van der Waals surface area contributed by atoms with Gasteiger partial charge in [0.05, 0.1) is 4.90 Å². The van der Waals surface area contributed by atoms with Gasteiger partial charge in [-0.1, -0.05) is 35.9 Å². The van der Waals surface area contributed by atoms with Crippen molar-refractivity contribution in [3.8, 4) is 0 Å². The highest BCUT2D eigenvalue weighted by atomic mass is 35.5. The minimum absolute atomic E-state index is 0.0571. The SMILES string of the molecule is CN(C)CCNS(=O)(=O)c1cccc(C(=O)NCc2ccccc2Cl)c1. The van der Waals surface area contributed by atoms with Crippen LogP contribution in [0.5, 0.6) is 0 Å². The third-order valence-electron chi connectivity index (χ3n) is 3.65. The molecule has 0 unspecified atom stereocenters. The molecule has 140 valence electrons. The largest absolute Gasteiger partial charge is 0.348 e. The number of rotatable bonds is 8. The van der Waals surface area contributed by atoms with Crippen molar-refractivity contribution in [1.82, 2.24) is 14.9 Å². The van der Waals surface area contributed by atoms with Crippen LogP contribution in [0.3, 0.4) is 0 Å². The summed E-state index contributed by atoms with van der Waals surface area (Å²) in [5.74, 6) is -0.365. The van der Waals surface area contributed by atoms with E-state index in [1.165, 1.54) is 12.1 Å². The van der Waals surface area contributed by atoms with Crippen LogP contribution in [0, 0.1) is 0 Å². The summed E-state index contributed by atoms with van der Waals surface area (Å²) in [6, 6.07) is 13.1. The third kappa shape index (κ3) is 5.81. The van der Waals surface area contributed by atoms with Gasteiger partial charge in [0.1, 0.15) is 0 Å². The number of benzene rings is 2. The molecule has 0 aliphatic carbocycles. The molecule has 0 atom stereocenters. The van der Waals surface area contributed by atoms with Gasteiger partial charge in [0.15, 0.2) is 0 Å². The zero-order chi connectivity index (χ0) is 19.2. The summed E-state index contributed by atoms with van der Waals surface area (Å²) in [7, 11) is 0.0552. The topological polar surface area (TPSA) is 78.5 Å². The van der Waals surface area contributed by atoms with Gasteiger partial charge in [-0.25, -0.2) is 13.1 Å². The Kier molecular flexibility index (Phi) is 7.16. The average molecular weight is 396 g/mol. The van der Waals surface area contributed by atoms with E-state index in [9.17, 15) is 13.2 Å². The average Bonchev–Trinajstić information content (AvgIpc) is 2.60. The molecule has 0 spiro atoms. The lowest BCUT2D eigenvalue weighted by molar-refractivity contribution is 0.0950. The first-order valence-corrected chi connectivity index (χ1v) is 9.92. The number of sulfonamides is 1. The van der Waals surface area contributed by atoms with Crippen LogP contribution < -0.4 is 10.0 Å². The second kappa shape index (κ2) is 9.14. The number of hydrogen-bond acceptors (Lipinski definition) is 4. The highest BCUT2D eigenvalue weighted by Crippen LogP contribution is 2.15. The molecule has 2 rings (SSSR count). The monoisotopic (exact) mass is 395 g/mol. The molecule has 0 radical (unpaired) electrons. The quantitative estimate of drug-likeness (QED) is 0.717. The maximum absolute atomic E-state index is 12.3. The number of nitrogens with one attached hydrogen (secondary N) is 2. The Morgan fingerprint density at radius 2 is 1.85 bits per heavy atom. The van der Waals surface area contributed by atoms with Crippen molar-refractivity contribution in [2.45, 2.75) is 11.4 Å². The third-order valence-corrected chi connectivity index (χ3v) is 5.48. The van der Waals surface area contributed by atoms with E-state index in [0.29, 0.717) is 11.6 Å². The lowest BCUT2D eigenvalue weighted by Gasteiger charge is -2.12. The summed E-state index contributed by atoms with van der Waals surface area (Å²) < 4.78 is 27.2. The van der Waals surface area contributed by atoms with E-state index >= 15 is 0 Å². The first-order chi connectivity index (χ1) is 12.3. The molecule has 1 amide bonds. The van der Waals surface area contributed by atoms with Gasteiger partial charge in [0.2, 0.25) is 10.0 Å². The highest BCUT2D eigenvalue weighted by molar-refractivity contribution is 7.89. The Balaban J connectivity index is 2.05. The van der Waals surface area contributed by atoms with Gasteiger partial charge in [0, 0.05) is 30.2 Å². The van der Waals surface area contributed by atoms with Gasteiger partial charge in [-0.05, 0) is 43.9 Å². The maximum atomic E-state index is 12.3. The molecular weight excluding hydrogens is 374 g/mol. The second-order valence-electron chi connectivity index (χ2n) is 6.00. The van der Waals surface area contributed by atoms with E-state index in [4.69, 9.17) is 11.6 Å². The van der Waals surface area contributed by atoms with Crippen molar-refractivity contribution in [3.05, 3.63) is 64.7 Å². The molecule has 26 heavy (non-hydrogen) atoms. The number of halogens is 1. The van der Waals surface area contributed by atoms with Crippen molar-refractivity contribution in [2.24, 2.45) is 0 Å². The Hall–Kier alpha value is -1.93.